The molecular weight excluding hydrogens is 242 g/mol. The monoisotopic (exact) mass is 255 g/mol. The van der Waals surface area contributed by atoms with Gasteiger partial charge in [-0.05, 0) is 5.92 Å². The lowest BCUT2D eigenvalue weighted by molar-refractivity contribution is 0.284. The van der Waals surface area contributed by atoms with Crippen LogP contribution in [0.4, 0.5) is 0 Å². The number of hydrogen-bond donors (Lipinski definition) is 0. The Morgan fingerprint density at radius 3 is 2.86 bits per heavy atom. The van der Waals surface area contributed by atoms with Gasteiger partial charge in [0, 0.05) is 4.48 Å². The van der Waals surface area contributed by atoms with Crippen LogP contribution in [0.25, 0.3) is 0 Å². The van der Waals surface area contributed by atoms with Crippen molar-refractivity contribution in [2.45, 2.75) is 19.9 Å². The summed E-state index contributed by atoms with van der Waals surface area (Å²) in [5.74, 6) is 1.64. The zero-order valence-corrected chi connectivity index (χ0v) is 9.99. The predicted molar refractivity (Wildman–Crippen MR) is 61.7 cm³/mol. The average Bonchev–Trinajstić information content (AvgIpc) is 2.71. The van der Waals surface area contributed by atoms with E-state index in [1.807, 2.05) is 12.2 Å². The summed E-state index contributed by atoms with van der Waals surface area (Å²) in [4.78, 5) is 4.59. The van der Waals surface area contributed by atoms with Gasteiger partial charge in [-0.25, -0.2) is 4.99 Å². The largest absolute Gasteiger partial charge is 0.478 e. The SMILES string of the molecule is CC(C)[C@H]1COC(C2C=CC=C2Br)=N1. The Morgan fingerprint density at radius 2 is 2.36 bits per heavy atom. The van der Waals surface area contributed by atoms with Crippen molar-refractivity contribution in [2.75, 3.05) is 6.61 Å². The summed E-state index contributed by atoms with van der Waals surface area (Å²) in [6.07, 6.45) is 6.17. The van der Waals surface area contributed by atoms with Crippen LogP contribution in [0.5, 0.6) is 0 Å². The molecule has 2 aliphatic rings. The normalized spacial score (nSPS) is 30.6. The number of hydrogen-bond acceptors (Lipinski definition) is 2. The van der Waals surface area contributed by atoms with E-state index in [0.717, 1.165) is 17.0 Å². The number of aliphatic imine (C=N–C) groups is 1. The van der Waals surface area contributed by atoms with Crippen LogP contribution in [0.3, 0.4) is 0 Å². The maximum atomic E-state index is 5.61. The molecule has 0 aromatic rings. The molecule has 14 heavy (non-hydrogen) atoms. The minimum atomic E-state index is 0.221. The highest BCUT2D eigenvalue weighted by Gasteiger charge is 2.28. The van der Waals surface area contributed by atoms with E-state index in [0.29, 0.717) is 12.0 Å². The second-order valence-electron chi connectivity index (χ2n) is 4.00. The van der Waals surface area contributed by atoms with E-state index in [4.69, 9.17) is 4.74 Å². The summed E-state index contributed by atoms with van der Waals surface area (Å²) >= 11 is 3.51. The third-order valence-electron chi connectivity index (χ3n) is 2.59. The molecule has 2 nitrogen and oxygen atoms in total. The van der Waals surface area contributed by atoms with E-state index in [1.165, 1.54) is 0 Å². The van der Waals surface area contributed by atoms with Gasteiger partial charge < -0.3 is 4.74 Å². The summed E-state index contributed by atoms with van der Waals surface area (Å²) in [5, 5.41) is 0. The molecule has 1 aliphatic carbocycles. The van der Waals surface area contributed by atoms with E-state index >= 15 is 0 Å². The van der Waals surface area contributed by atoms with Crippen LogP contribution in [0.15, 0.2) is 27.7 Å². The van der Waals surface area contributed by atoms with Gasteiger partial charge in [0.1, 0.15) is 6.61 Å². The molecule has 0 fully saturated rings. The highest BCUT2D eigenvalue weighted by atomic mass is 79.9. The second kappa shape index (κ2) is 3.89. The maximum absolute atomic E-state index is 5.61. The lowest BCUT2D eigenvalue weighted by Gasteiger charge is -2.07. The molecule has 3 heteroatoms. The van der Waals surface area contributed by atoms with Gasteiger partial charge in [0.25, 0.3) is 0 Å². The van der Waals surface area contributed by atoms with E-state index in [-0.39, 0.29) is 5.92 Å². The predicted octanol–water partition coefficient (Wildman–Crippen LogP) is 2.90. The highest BCUT2D eigenvalue weighted by Crippen LogP contribution is 2.29. The Labute approximate surface area is 92.9 Å². The van der Waals surface area contributed by atoms with Crippen LogP contribution in [0.2, 0.25) is 0 Å². The van der Waals surface area contributed by atoms with Gasteiger partial charge in [-0.2, -0.15) is 0 Å². The average molecular weight is 256 g/mol. The van der Waals surface area contributed by atoms with E-state index < -0.39 is 0 Å². The van der Waals surface area contributed by atoms with Crippen molar-refractivity contribution in [3.8, 4) is 0 Å². The molecule has 2 rings (SSSR count). The van der Waals surface area contributed by atoms with Crippen molar-refractivity contribution in [1.29, 1.82) is 0 Å². The molecule has 0 aromatic heterocycles. The fraction of sp³-hybridized carbons (Fsp3) is 0.545. The second-order valence-corrected chi connectivity index (χ2v) is 4.92. The number of nitrogens with zero attached hydrogens (tertiary/aromatic N) is 1. The molecule has 0 radical (unpaired) electrons. The zero-order chi connectivity index (χ0) is 10.1. The van der Waals surface area contributed by atoms with Gasteiger partial charge in [0.15, 0.2) is 5.90 Å². The molecule has 2 atom stereocenters. The minimum absolute atomic E-state index is 0.221. The van der Waals surface area contributed by atoms with Crippen LogP contribution in [-0.2, 0) is 4.74 Å². The summed E-state index contributed by atoms with van der Waals surface area (Å²) in [6, 6.07) is 0.333. The first-order chi connectivity index (χ1) is 6.68. The first-order valence-electron chi connectivity index (χ1n) is 4.93. The van der Waals surface area contributed by atoms with Crippen LogP contribution in [0, 0.1) is 11.8 Å². The van der Waals surface area contributed by atoms with Crippen molar-refractivity contribution in [2.24, 2.45) is 16.8 Å². The fourth-order valence-corrected chi connectivity index (χ4v) is 2.08. The van der Waals surface area contributed by atoms with Crippen molar-refractivity contribution >= 4 is 21.8 Å². The Bertz CT molecular complexity index is 317. The Kier molecular flexibility index (Phi) is 2.77. The molecule has 0 spiro atoms. The van der Waals surface area contributed by atoms with E-state index in [9.17, 15) is 0 Å². The maximum Gasteiger partial charge on any atom is 0.195 e. The Balaban J connectivity index is 2.10. The summed E-state index contributed by atoms with van der Waals surface area (Å²) < 4.78 is 6.75. The van der Waals surface area contributed by atoms with Crippen LogP contribution < -0.4 is 0 Å². The topological polar surface area (TPSA) is 21.6 Å². The van der Waals surface area contributed by atoms with Crippen LogP contribution in [0.1, 0.15) is 13.8 Å². The minimum Gasteiger partial charge on any atom is -0.478 e. The molecule has 1 heterocycles. The smallest absolute Gasteiger partial charge is 0.195 e. The molecule has 0 N–H and O–H groups in total. The number of rotatable bonds is 2. The quantitative estimate of drug-likeness (QED) is 0.744. The molecule has 0 saturated heterocycles. The van der Waals surface area contributed by atoms with Gasteiger partial charge in [-0.1, -0.05) is 48.0 Å². The number of allylic oxidation sites excluding steroid dienone is 2. The van der Waals surface area contributed by atoms with Gasteiger partial charge in [-0.3, -0.25) is 0 Å². The molecule has 1 unspecified atom stereocenters. The molecule has 1 aliphatic heterocycles. The fourth-order valence-electron chi connectivity index (χ4n) is 1.57. The highest BCUT2D eigenvalue weighted by molar-refractivity contribution is 9.11. The van der Waals surface area contributed by atoms with Crippen molar-refractivity contribution < 1.29 is 4.74 Å². The molecule has 76 valence electrons. The summed E-state index contributed by atoms with van der Waals surface area (Å²) in [6.45, 7) is 5.09. The van der Waals surface area contributed by atoms with Gasteiger partial charge in [-0.15, -0.1) is 0 Å². The Morgan fingerprint density at radius 1 is 1.57 bits per heavy atom. The third kappa shape index (κ3) is 1.78. The van der Waals surface area contributed by atoms with Crippen molar-refractivity contribution in [3.63, 3.8) is 0 Å². The van der Waals surface area contributed by atoms with E-state index in [1.54, 1.807) is 0 Å². The third-order valence-corrected chi connectivity index (χ3v) is 3.34. The molecular formula is C11H14BrNO. The molecule has 0 amide bonds. The van der Waals surface area contributed by atoms with E-state index in [2.05, 4.69) is 40.8 Å². The summed E-state index contributed by atoms with van der Waals surface area (Å²) in [5.41, 5.74) is 0. The lowest BCUT2D eigenvalue weighted by atomic mass is 10.1. The number of ether oxygens (including phenoxy) is 1. The first-order valence-corrected chi connectivity index (χ1v) is 5.72. The van der Waals surface area contributed by atoms with Gasteiger partial charge in [0.05, 0.1) is 12.0 Å². The van der Waals surface area contributed by atoms with Crippen molar-refractivity contribution in [1.82, 2.24) is 0 Å². The van der Waals surface area contributed by atoms with Crippen LogP contribution >= 0.6 is 15.9 Å². The van der Waals surface area contributed by atoms with Crippen molar-refractivity contribution in [3.05, 3.63) is 22.7 Å². The molecule has 0 saturated carbocycles. The molecule has 0 bridgehead atoms. The van der Waals surface area contributed by atoms with Gasteiger partial charge >= 0.3 is 0 Å². The standard InChI is InChI=1S/C11H14BrNO/c1-7(2)10-6-14-11(13-10)8-4-3-5-9(8)12/h3-5,7-8,10H,6H2,1-2H3/t8?,10-/m1/s1. The Hall–Kier alpha value is -0.570. The lowest BCUT2D eigenvalue weighted by Crippen LogP contribution is -2.13. The number of halogens is 1. The zero-order valence-electron chi connectivity index (χ0n) is 8.40. The summed E-state index contributed by atoms with van der Waals surface area (Å²) in [7, 11) is 0. The first kappa shape index (κ1) is 9.97. The van der Waals surface area contributed by atoms with Crippen LogP contribution in [-0.4, -0.2) is 18.5 Å². The van der Waals surface area contributed by atoms with Gasteiger partial charge in [0.2, 0.25) is 0 Å². The molecule has 0 aromatic carbocycles.